The average Bonchev–Trinajstić information content (AvgIpc) is 2.66. The molecule has 3 heteroatoms. The Labute approximate surface area is 111 Å². The van der Waals surface area contributed by atoms with Gasteiger partial charge in [-0.2, -0.15) is 11.8 Å². The fourth-order valence-electron chi connectivity index (χ4n) is 3.40. The molecule has 0 amide bonds. The Hall–Kier alpha value is 0.270. The van der Waals surface area contributed by atoms with Gasteiger partial charge in [-0.1, -0.05) is 13.8 Å². The van der Waals surface area contributed by atoms with E-state index in [2.05, 4.69) is 30.5 Å². The van der Waals surface area contributed by atoms with E-state index in [9.17, 15) is 0 Å². The van der Waals surface area contributed by atoms with Crippen molar-refractivity contribution in [2.45, 2.75) is 45.1 Å². The molecule has 2 N–H and O–H groups in total. The molecule has 0 bridgehead atoms. The van der Waals surface area contributed by atoms with Gasteiger partial charge in [-0.25, -0.2) is 0 Å². The molecule has 2 aliphatic rings. The standard InChI is InChI=1S/C14H28N2S/c1-12(2)13-4-3-7-16(8-5-13)14(10-15)6-9-17-11-14/h12-13H,3-11,15H2,1-2H3. The summed E-state index contributed by atoms with van der Waals surface area (Å²) in [7, 11) is 0. The Morgan fingerprint density at radius 1 is 1.35 bits per heavy atom. The number of nitrogens with two attached hydrogens (primary N) is 1. The summed E-state index contributed by atoms with van der Waals surface area (Å²) in [6.45, 7) is 8.17. The maximum atomic E-state index is 6.09. The molecule has 0 aromatic rings. The lowest BCUT2D eigenvalue weighted by Crippen LogP contribution is -2.54. The van der Waals surface area contributed by atoms with Crippen LogP contribution in [0, 0.1) is 11.8 Å². The summed E-state index contributed by atoms with van der Waals surface area (Å²) in [6.07, 6.45) is 5.47. The number of thioether (sulfide) groups is 1. The highest BCUT2D eigenvalue weighted by molar-refractivity contribution is 7.99. The second-order valence-electron chi connectivity index (χ2n) is 6.15. The second-order valence-corrected chi connectivity index (χ2v) is 7.26. The highest BCUT2D eigenvalue weighted by Crippen LogP contribution is 2.35. The molecule has 2 nitrogen and oxygen atoms in total. The summed E-state index contributed by atoms with van der Waals surface area (Å²) in [5.74, 6) is 4.35. The minimum Gasteiger partial charge on any atom is -0.329 e. The van der Waals surface area contributed by atoms with Gasteiger partial charge in [-0.3, -0.25) is 4.90 Å². The van der Waals surface area contributed by atoms with Crippen molar-refractivity contribution in [3.8, 4) is 0 Å². The predicted molar refractivity (Wildman–Crippen MR) is 77.5 cm³/mol. The second kappa shape index (κ2) is 5.94. The molecule has 0 saturated carbocycles. The Kier molecular flexibility index (Phi) is 4.79. The highest BCUT2D eigenvalue weighted by Gasteiger charge is 2.39. The first-order chi connectivity index (χ1) is 8.18. The maximum Gasteiger partial charge on any atom is 0.0429 e. The third-order valence-corrected chi connectivity index (χ3v) is 6.08. The smallest absolute Gasteiger partial charge is 0.0429 e. The molecule has 2 aliphatic heterocycles. The maximum absolute atomic E-state index is 6.09. The van der Waals surface area contributed by atoms with Crippen molar-refractivity contribution in [3.63, 3.8) is 0 Å². The van der Waals surface area contributed by atoms with Gasteiger partial charge in [0.25, 0.3) is 0 Å². The van der Waals surface area contributed by atoms with Crippen LogP contribution in [0.25, 0.3) is 0 Å². The first-order valence-corrected chi connectivity index (χ1v) is 8.36. The lowest BCUT2D eigenvalue weighted by molar-refractivity contribution is 0.118. The van der Waals surface area contributed by atoms with Gasteiger partial charge in [0.2, 0.25) is 0 Å². The van der Waals surface area contributed by atoms with E-state index in [1.165, 1.54) is 50.3 Å². The van der Waals surface area contributed by atoms with E-state index >= 15 is 0 Å². The van der Waals surface area contributed by atoms with Crippen molar-refractivity contribution < 1.29 is 0 Å². The highest BCUT2D eigenvalue weighted by atomic mass is 32.2. The molecule has 100 valence electrons. The Bertz CT molecular complexity index is 236. The summed E-state index contributed by atoms with van der Waals surface area (Å²) in [4.78, 5) is 2.73. The van der Waals surface area contributed by atoms with Crippen LogP contribution >= 0.6 is 11.8 Å². The monoisotopic (exact) mass is 256 g/mol. The quantitative estimate of drug-likeness (QED) is 0.841. The van der Waals surface area contributed by atoms with Crippen molar-refractivity contribution in [1.29, 1.82) is 0 Å². The molecule has 0 aromatic carbocycles. The van der Waals surface area contributed by atoms with Crippen molar-refractivity contribution in [3.05, 3.63) is 0 Å². The molecule has 0 radical (unpaired) electrons. The molecule has 0 aliphatic carbocycles. The molecule has 2 rings (SSSR count). The van der Waals surface area contributed by atoms with Crippen LogP contribution in [0.3, 0.4) is 0 Å². The molecule has 2 atom stereocenters. The lowest BCUT2D eigenvalue weighted by atomic mass is 9.89. The third kappa shape index (κ3) is 2.99. The zero-order valence-electron chi connectivity index (χ0n) is 11.5. The molecule has 2 unspecified atom stereocenters. The minimum atomic E-state index is 0.344. The van der Waals surface area contributed by atoms with Gasteiger partial charge in [0.05, 0.1) is 0 Å². The zero-order valence-corrected chi connectivity index (χ0v) is 12.3. The summed E-state index contributed by atoms with van der Waals surface area (Å²) in [6, 6.07) is 0. The fourth-order valence-corrected chi connectivity index (χ4v) is 4.89. The average molecular weight is 256 g/mol. The van der Waals surface area contributed by atoms with Crippen LogP contribution in [0.1, 0.15) is 39.5 Å². The Morgan fingerprint density at radius 2 is 2.18 bits per heavy atom. The molecular formula is C14H28N2S. The molecule has 2 saturated heterocycles. The van der Waals surface area contributed by atoms with Gasteiger partial charge in [-0.15, -0.1) is 0 Å². The Balaban J connectivity index is 1.97. The van der Waals surface area contributed by atoms with Crippen LogP contribution in [0.2, 0.25) is 0 Å². The van der Waals surface area contributed by atoms with E-state index < -0.39 is 0 Å². The van der Waals surface area contributed by atoms with Gasteiger partial charge in [-0.05, 0) is 56.4 Å². The first-order valence-electron chi connectivity index (χ1n) is 7.21. The van der Waals surface area contributed by atoms with Crippen LogP contribution < -0.4 is 5.73 Å². The van der Waals surface area contributed by atoms with Crippen LogP contribution in [0.5, 0.6) is 0 Å². The topological polar surface area (TPSA) is 29.3 Å². The predicted octanol–water partition coefficient (Wildman–Crippen LogP) is 2.58. The first kappa shape index (κ1) is 13.7. The molecule has 2 heterocycles. The number of rotatable bonds is 3. The summed E-state index contributed by atoms with van der Waals surface area (Å²) < 4.78 is 0. The normalized spacial score (nSPS) is 36.4. The number of hydrogen-bond donors (Lipinski definition) is 1. The van der Waals surface area contributed by atoms with Crippen LogP contribution in [0.15, 0.2) is 0 Å². The van der Waals surface area contributed by atoms with E-state index in [1.54, 1.807) is 0 Å². The van der Waals surface area contributed by atoms with Gasteiger partial charge >= 0.3 is 0 Å². The fraction of sp³-hybridized carbons (Fsp3) is 1.00. The minimum absolute atomic E-state index is 0.344. The van der Waals surface area contributed by atoms with Gasteiger partial charge in [0, 0.05) is 17.8 Å². The Morgan fingerprint density at radius 3 is 2.76 bits per heavy atom. The van der Waals surface area contributed by atoms with E-state index in [0.29, 0.717) is 5.54 Å². The number of nitrogens with zero attached hydrogens (tertiary/aromatic N) is 1. The van der Waals surface area contributed by atoms with Crippen molar-refractivity contribution in [1.82, 2.24) is 4.90 Å². The van der Waals surface area contributed by atoms with Crippen LogP contribution in [0.4, 0.5) is 0 Å². The van der Waals surface area contributed by atoms with E-state index in [4.69, 9.17) is 5.73 Å². The van der Waals surface area contributed by atoms with Gasteiger partial charge < -0.3 is 5.73 Å². The zero-order chi connectivity index (χ0) is 12.3. The van der Waals surface area contributed by atoms with E-state index in [-0.39, 0.29) is 0 Å². The third-order valence-electron chi connectivity index (χ3n) is 4.85. The lowest BCUT2D eigenvalue weighted by Gasteiger charge is -2.39. The van der Waals surface area contributed by atoms with Crippen LogP contribution in [-0.4, -0.2) is 41.6 Å². The molecule has 2 fully saturated rings. The summed E-state index contributed by atoms with van der Waals surface area (Å²) in [5.41, 5.74) is 6.43. The molecule has 0 spiro atoms. The van der Waals surface area contributed by atoms with Gasteiger partial charge in [0.1, 0.15) is 0 Å². The van der Waals surface area contributed by atoms with E-state index in [1.807, 2.05) is 0 Å². The summed E-state index contributed by atoms with van der Waals surface area (Å²) in [5, 5.41) is 0. The molecular weight excluding hydrogens is 228 g/mol. The number of hydrogen-bond acceptors (Lipinski definition) is 3. The summed E-state index contributed by atoms with van der Waals surface area (Å²) >= 11 is 2.09. The largest absolute Gasteiger partial charge is 0.329 e. The molecule has 17 heavy (non-hydrogen) atoms. The van der Waals surface area contributed by atoms with Crippen molar-refractivity contribution in [2.24, 2.45) is 17.6 Å². The van der Waals surface area contributed by atoms with Crippen LogP contribution in [-0.2, 0) is 0 Å². The van der Waals surface area contributed by atoms with Gasteiger partial charge in [0.15, 0.2) is 0 Å². The SMILES string of the molecule is CC(C)C1CCCN(C2(CN)CCSC2)CC1. The molecule has 0 aromatic heterocycles. The van der Waals surface area contributed by atoms with Crippen molar-refractivity contribution in [2.75, 3.05) is 31.1 Å². The van der Waals surface area contributed by atoms with E-state index in [0.717, 1.165) is 18.4 Å². The number of likely N-dealkylation sites (tertiary alicyclic amines) is 1. The van der Waals surface area contributed by atoms with Crippen molar-refractivity contribution >= 4 is 11.8 Å².